The van der Waals surface area contributed by atoms with Gasteiger partial charge >= 0.3 is 0 Å². The van der Waals surface area contributed by atoms with Crippen molar-refractivity contribution in [1.29, 1.82) is 10.5 Å². The van der Waals surface area contributed by atoms with E-state index in [9.17, 15) is 10.5 Å². The fourth-order valence-corrected chi connectivity index (χ4v) is 4.57. The van der Waals surface area contributed by atoms with Gasteiger partial charge in [-0.2, -0.15) is 10.5 Å². The number of nitrogens with zero attached hydrogens (tertiary/aromatic N) is 4. The van der Waals surface area contributed by atoms with E-state index in [1.54, 1.807) is 0 Å². The molecule has 2 atom stereocenters. The molecule has 0 fully saturated rings. The molecular formula is C26H33N5O2S. The van der Waals surface area contributed by atoms with Crippen molar-refractivity contribution in [2.24, 2.45) is 0 Å². The zero-order valence-electron chi connectivity index (χ0n) is 20.8. The van der Waals surface area contributed by atoms with Gasteiger partial charge in [0.05, 0.1) is 23.8 Å². The number of anilines is 2. The SMILES string of the molecule is CC(CCOc1c(C#N)c(C#N)c(OCCC(C)N(C)C)c2c1Nc1ccccc1S2)N(C)C. The minimum atomic E-state index is 0.210. The topological polar surface area (TPSA) is 84.5 Å². The highest BCUT2D eigenvalue weighted by Gasteiger charge is 2.31. The first-order valence-corrected chi connectivity index (χ1v) is 12.3. The Morgan fingerprint density at radius 2 is 1.41 bits per heavy atom. The largest absolute Gasteiger partial charge is 0.491 e. The summed E-state index contributed by atoms with van der Waals surface area (Å²) in [6.07, 6.45) is 1.59. The van der Waals surface area contributed by atoms with Crippen LogP contribution in [0.25, 0.3) is 0 Å². The second kappa shape index (κ2) is 11.5. The van der Waals surface area contributed by atoms with Gasteiger partial charge in [-0.15, -0.1) is 0 Å². The van der Waals surface area contributed by atoms with Gasteiger partial charge in [0, 0.05) is 17.0 Å². The molecule has 0 aromatic heterocycles. The lowest BCUT2D eigenvalue weighted by Gasteiger charge is -2.28. The Kier molecular flexibility index (Phi) is 8.68. The molecule has 1 aliphatic rings. The van der Waals surface area contributed by atoms with Crippen LogP contribution in [-0.4, -0.2) is 63.3 Å². The highest BCUT2D eigenvalue weighted by Crippen LogP contribution is 2.54. The first kappa shape index (κ1) is 25.7. The molecule has 0 radical (unpaired) electrons. The van der Waals surface area contributed by atoms with Crippen molar-refractivity contribution < 1.29 is 9.47 Å². The van der Waals surface area contributed by atoms with Gasteiger partial charge in [0.25, 0.3) is 0 Å². The van der Waals surface area contributed by atoms with Crippen molar-refractivity contribution in [1.82, 2.24) is 9.80 Å². The summed E-state index contributed by atoms with van der Waals surface area (Å²) in [5, 5.41) is 23.6. The average molecular weight is 480 g/mol. The van der Waals surface area contributed by atoms with E-state index in [2.05, 4.69) is 41.1 Å². The van der Waals surface area contributed by atoms with Crippen LogP contribution >= 0.6 is 11.8 Å². The van der Waals surface area contributed by atoms with Crippen LogP contribution < -0.4 is 14.8 Å². The molecule has 2 unspecified atom stereocenters. The van der Waals surface area contributed by atoms with E-state index in [4.69, 9.17) is 9.47 Å². The van der Waals surface area contributed by atoms with E-state index >= 15 is 0 Å². The Morgan fingerprint density at radius 3 is 1.97 bits per heavy atom. The molecule has 180 valence electrons. The van der Waals surface area contributed by atoms with Crippen molar-refractivity contribution in [3.8, 4) is 23.6 Å². The summed E-state index contributed by atoms with van der Waals surface area (Å²) >= 11 is 1.54. The molecule has 1 aliphatic heterocycles. The summed E-state index contributed by atoms with van der Waals surface area (Å²) in [5.41, 5.74) is 2.06. The zero-order valence-corrected chi connectivity index (χ0v) is 21.6. The Labute approximate surface area is 207 Å². The summed E-state index contributed by atoms with van der Waals surface area (Å²) in [4.78, 5) is 6.06. The van der Waals surface area contributed by atoms with Crippen LogP contribution in [0, 0.1) is 22.7 Å². The fraction of sp³-hybridized carbons (Fsp3) is 0.462. The predicted molar refractivity (Wildman–Crippen MR) is 136 cm³/mol. The standard InChI is InChI=1S/C26H33N5O2S/c1-17(30(3)4)11-13-32-24-19(15-27)20(16-28)25(33-14-12-18(2)31(5)6)26-23(24)29-21-9-7-8-10-22(21)34-26/h7-10,17-18,29H,11-14H2,1-6H3. The van der Waals surface area contributed by atoms with Gasteiger partial charge in [0.1, 0.15) is 29.0 Å². The molecule has 2 aromatic rings. The molecule has 1 N–H and O–H groups in total. The molecule has 7 nitrogen and oxygen atoms in total. The molecule has 0 spiro atoms. The van der Waals surface area contributed by atoms with E-state index in [0.717, 1.165) is 28.3 Å². The summed E-state index contributed by atoms with van der Waals surface area (Å²) in [6, 6.07) is 13.0. The van der Waals surface area contributed by atoms with Gasteiger partial charge in [-0.05, 0) is 67.0 Å². The molecule has 0 aliphatic carbocycles. The van der Waals surface area contributed by atoms with Crippen molar-refractivity contribution in [2.75, 3.05) is 46.7 Å². The summed E-state index contributed by atoms with van der Waals surface area (Å²) in [6.45, 7) is 5.12. The maximum absolute atomic E-state index is 10.1. The van der Waals surface area contributed by atoms with E-state index < -0.39 is 0 Å². The predicted octanol–water partition coefficient (Wildman–Crippen LogP) is 5.08. The number of para-hydroxylation sites is 1. The third kappa shape index (κ3) is 5.59. The monoisotopic (exact) mass is 479 g/mol. The smallest absolute Gasteiger partial charge is 0.163 e. The average Bonchev–Trinajstić information content (AvgIpc) is 2.82. The molecule has 34 heavy (non-hydrogen) atoms. The lowest BCUT2D eigenvalue weighted by molar-refractivity contribution is 0.227. The van der Waals surface area contributed by atoms with Crippen LogP contribution in [-0.2, 0) is 0 Å². The van der Waals surface area contributed by atoms with Crippen molar-refractivity contribution in [2.45, 2.75) is 48.6 Å². The van der Waals surface area contributed by atoms with Crippen LogP contribution in [0.4, 0.5) is 11.4 Å². The van der Waals surface area contributed by atoms with Gasteiger partial charge in [-0.25, -0.2) is 0 Å². The Bertz CT molecular complexity index is 1020. The zero-order chi connectivity index (χ0) is 24.8. The molecule has 0 bridgehead atoms. The van der Waals surface area contributed by atoms with E-state index in [1.165, 1.54) is 11.8 Å². The Balaban J connectivity index is 2.03. The van der Waals surface area contributed by atoms with Crippen LogP contribution in [0.5, 0.6) is 11.5 Å². The highest BCUT2D eigenvalue weighted by molar-refractivity contribution is 7.99. The summed E-state index contributed by atoms with van der Waals surface area (Å²) < 4.78 is 12.4. The minimum Gasteiger partial charge on any atom is -0.491 e. The summed E-state index contributed by atoms with van der Waals surface area (Å²) in [5.74, 6) is 0.858. The van der Waals surface area contributed by atoms with Crippen LogP contribution in [0.3, 0.4) is 0 Å². The number of fused-ring (bicyclic) bond motifs is 2. The molecule has 0 saturated carbocycles. The molecular weight excluding hydrogens is 446 g/mol. The summed E-state index contributed by atoms with van der Waals surface area (Å²) in [7, 11) is 8.11. The van der Waals surface area contributed by atoms with Crippen LogP contribution in [0.2, 0.25) is 0 Å². The van der Waals surface area contributed by atoms with E-state index in [1.807, 2.05) is 52.5 Å². The molecule has 2 aromatic carbocycles. The van der Waals surface area contributed by atoms with Crippen LogP contribution in [0.15, 0.2) is 34.1 Å². The van der Waals surface area contributed by atoms with Crippen molar-refractivity contribution in [3.63, 3.8) is 0 Å². The first-order chi connectivity index (χ1) is 16.3. The number of ether oxygens (including phenoxy) is 2. The number of nitriles is 2. The lowest BCUT2D eigenvalue weighted by atomic mass is 10.0. The fourth-order valence-electron chi connectivity index (χ4n) is 3.47. The van der Waals surface area contributed by atoms with E-state index in [-0.39, 0.29) is 11.1 Å². The Morgan fingerprint density at radius 1 is 0.882 bits per heavy atom. The molecule has 0 amide bonds. The maximum atomic E-state index is 10.1. The highest BCUT2D eigenvalue weighted by atomic mass is 32.2. The van der Waals surface area contributed by atoms with Gasteiger partial charge in [0.15, 0.2) is 11.5 Å². The van der Waals surface area contributed by atoms with E-state index in [0.29, 0.717) is 42.5 Å². The van der Waals surface area contributed by atoms with Gasteiger partial charge in [-0.3, -0.25) is 0 Å². The normalized spacial score (nSPS) is 13.8. The molecule has 1 heterocycles. The molecule has 8 heteroatoms. The second-order valence-corrected chi connectivity index (χ2v) is 10.0. The van der Waals surface area contributed by atoms with Crippen LogP contribution in [0.1, 0.15) is 37.8 Å². The van der Waals surface area contributed by atoms with Gasteiger partial charge < -0.3 is 24.6 Å². The first-order valence-electron chi connectivity index (χ1n) is 11.4. The third-order valence-corrected chi connectivity index (χ3v) is 7.44. The third-order valence-electron chi connectivity index (χ3n) is 6.27. The number of hydrogen-bond donors (Lipinski definition) is 1. The number of hydrogen-bond acceptors (Lipinski definition) is 8. The van der Waals surface area contributed by atoms with Crippen molar-refractivity contribution in [3.05, 3.63) is 35.4 Å². The molecule has 0 saturated heterocycles. The lowest BCUT2D eigenvalue weighted by Crippen LogP contribution is -2.26. The Hall–Kier alpha value is -2.91. The second-order valence-electron chi connectivity index (χ2n) is 8.96. The number of nitrogens with one attached hydrogen (secondary N) is 1. The minimum absolute atomic E-state index is 0.210. The van der Waals surface area contributed by atoms with Gasteiger partial charge in [-0.1, -0.05) is 23.9 Å². The van der Waals surface area contributed by atoms with Crippen molar-refractivity contribution >= 4 is 23.1 Å². The number of benzene rings is 2. The number of rotatable bonds is 10. The van der Waals surface area contributed by atoms with Gasteiger partial charge in [0.2, 0.25) is 0 Å². The quantitative estimate of drug-likeness (QED) is 0.431. The maximum Gasteiger partial charge on any atom is 0.163 e. The molecule has 3 rings (SSSR count).